The van der Waals surface area contributed by atoms with Gasteiger partial charge in [0.25, 0.3) is 5.88 Å². The van der Waals surface area contributed by atoms with Crippen molar-refractivity contribution in [2.24, 2.45) is 0 Å². The molecule has 0 bridgehead atoms. The Bertz CT molecular complexity index is 834. The molecule has 122 valence electrons. The highest BCUT2D eigenvalue weighted by atomic mass is 16.5. The average molecular weight is 321 g/mol. The lowest BCUT2D eigenvalue weighted by atomic mass is 9.99. The molecule has 0 saturated heterocycles. The third-order valence-corrected chi connectivity index (χ3v) is 3.85. The van der Waals surface area contributed by atoms with Gasteiger partial charge in [-0.25, -0.2) is 0 Å². The van der Waals surface area contributed by atoms with Gasteiger partial charge in [0.2, 0.25) is 0 Å². The number of aromatic nitrogens is 3. The van der Waals surface area contributed by atoms with Crippen LogP contribution in [0.4, 0.5) is 0 Å². The number of ether oxygens (including phenoxy) is 1. The predicted octanol–water partition coefficient (Wildman–Crippen LogP) is 4.59. The van der Waals surface area contributed by atoms with Gasteiger partial charge in [-0.1, -0.05) is 60.6 Å². The molecule has 5 nitrogen and oxygen atoms in total. The number of nitrogens with one attached hydrogen (secondary N) is 1. The fourth-order valence-corrected chi connectivity index (χ4v) is 2.41. The van der Waals surface area contributed by atoms with Crippen LogP contribution in [0.15, 0.2) is 48.5 Å². The number of ketones is 1. The third kappa shape index (κ3) is 3.35. The number of aromatic amines is 1. The van der Waals surface area contributed by atoms with Crippen LogP contribution < -0.4 is 4.74 Å². The largest absolute Gasteiger partial charge is 0.436 e. The molecule has 2 aromatic carbocycles. The number of rotatable bonds is 5. The van der Waals surface area contributed by atoms with E-state index < -0.39 is 0 Å². The Hall–Kier alpha value is -2.95. The lowest BCUT2D eigenvalue weighted by molar-refractivity contribution is 0.101. The van der Waals surface area contributed by atoms with E-state index in [1.807, 2.05) is 24.3 Å². The molecule has 0 atom stereocenters. The van der Waals surface area contributed by atoms with Gasteiger partial charge in [-0.05, 0) is 34.7 Å². The van der Waals surface area contributed by atoms with E-state index in [2.05, 4.69) is 53.5 Å². The van der Waals surface area contributed by atoms with Crippen LogP contribution >= 0.6 is 0 Å². The van der Waals surface area contributed by atoms with Crippen molar-refractivity contribution in [1.29, 1.82) is 0 Å². The fraction of sp³-hybridized carbons (Fsp3) is 0.211. The van der Waals surface area contributed by atoms with Gasteiger partial charge in [0.15, 0.2) is 11.5 Å². The highest BCUT2D eigenvalue weighted by Crippen LogP contribution is 2.27. The molecule has 24 heavy (non-hydrogen) atoms. The third-order valence-electron chi connectivity index (χ3n) is 3.85. The van der Waals surface area contributed by atoms with E-state index in [9.17, 15) is 4.79 Å². The van der Waals surface area contributed by atoms with Crippen molar-refractivity contribution in [2.45, 2.75) is 26.7 Å². The molecule has 0 aliphatic rings. The van der Waals surface area contributed by atoms with Crippen molar-refractivity contribution in [3.63, 3.8) is 0 Å². The molecule has 0 amide bonds. The molecule has 0 aliphatic heterocycles. The van der Waals surface area contributed by atoms with Gasteiger partial charge in [-0.2, -0.15) is 0 Å². The van der Waals surface area contributed by atoms with E-state index in [0.717, 1.165) is 11.1 Å². The highest BCUT2D eigenvalue weighted by Gasteiger charge is 2.13. The summed E-state index contributed by atoms with van der Waals surface area (Å²) in [7, 11) is 0. The Balaban J connectivity index is 1.78. The second kappa shape index (κ2) is 6.66. The first kappa shape index (κ1) is 15.9. The molecule has 0 unspecified atom stereocenters. The zero-order valence-corrected chi connectivity index (χ0v) is 13.9. The molecule has 0 radical (unpaired) electrons. The summed E-state index contributed by atoms with van der Waals surface area (Å²) in [6, 6.07) is 16.2. The monoisotopic (exact) mass is 321 g/mol. The highest BCUT2D eigenvalue weighted by molar-refractivity contribution is 5.94. The minimum atomic E-state index is -0.170. The second-order valence-electron chi connectivity index (χ2n) is 5.95. The quantitative estimate of drug-likeness (QED) is 0.698. The number of hydrogen-bond donors (Lipinski definition) is 1. The maximum Gasteiger partial charge on any atom is 0.269 e. The normalized spacial score (nSPS) is 10.8. The summed E-state index contributed by atoms with van der Waals surface area (Å²) < 4.78 is 5.63. The maximum atomic E-state index is 11.4. The van der Waals surface area contributed by atoms with E-state index in [1.165, 1.54) is 12.5 Å². The Morgan fingerprint density at radius 1 is 1.00 bits per heavy atom. The number of hydrogen-bond acceptors (Lipinski definition) is 4. The van der Waals surface area contributed by atoms with Crippen LogP contribution in [0, 0.1) is 0 Å². The van der Waals surface area contributed by atoms with Gasteiger partial charge in [0.05, 0.1) is 0 Å². The van der Waals surface area contributed by atoms with Crippen LogP contribution in [0.1, 0.15) is 42.7 Å². The Labute approximate surface area is 140 Å². The molecule has 1 heterocycles. The van der Waals surface area contributed by atoms with Crippen LogP contribution in [0.5, 0.6) is 11.6 Å². The molecule has 5 heteroatoms. The average Bonchev–Trinajstić information content (AvgIpc) is 3.04. The summed E-state index contributed by atoms with van der Waals surface area (Å²) in [4.78, 5) is 11.4. The first-order valence-corrected chi connectivity index (χ1v) is 7.85. The van der Waals surface area contributed by atoms with Gasteiger partial charge in [0, 0.05) is 6.92 Å². The standard InChI is InChI=1S/C19H19N3O2/c1-12(2)14-4-6-15(7-5-14)16-8-10-17(11-9-16)24-19-18(13(3)23)20-22-21-19/h4-12H,1-3H3,(H,20,21,22). The van der Waals surface area contributed by atoms with E-state index >= 15 is 0 Å². The molecule has 1 N–H and O–H groups in total. The molecule has 0 spiro atoms. The Morgan fingerprint density at radius 2 is 1.58 bits per heavy atom. The summed E-state index contributed by atoms with van der Waals surface area (Å²) in [6.07, 6.45) is 0. The fourth-order valence-electron chi connectivity index (χ4n) is 2.41. The summed E-state index contributed by atoms with van der Waals surface area (Å²) in [5.41, 5.74) is 3.84. The zero-order valence-electron chi connectivity index (χ0n) is 13.9. The van der Waals surface area contributed by atoms with Crippen LogP contribution in [-0.2, 0) is 0 Å². The summed E-state index contributed by atoms with van der Waals surface area (Å²) in [5.74, 6) is 1.15. The molecule has 0 fully saturated rings. The van der Waals surface area contributed by atoms with Gasteiger partial charge in [-0.3, -0.25) is 9.89 Å². The van der Waals surface area contributed by atoms with E-state index in [-0.39, 0.29) is 17.4 Å². The first-order valence-electron chi connectivity index (χ1n) is 7.85. The molecular formula is C19H19N3O2. The number of H-pyrrole nitrogens is 1. The van der Waals surface area contributed by atoms with Crippen molar-refractivity contribution in [3.8, 4) is 22.8 Å². The van der Waals surface area contributed by atoms with Crippen molar-refractivity contribution >= 4 is 5.78 Å². The SMILES string of the molecule is CC(=O)c1[nH]nnc1Oc1ccc(-c2ccc(C(C)C)cc2)cc1. The molecule has 1 aromatic heterocycles. The molecule has 0 aliphatic carbocycles. The van der Waals surface area contributed by atoms with Gasteiger partial charge in [0.1, 0.15) is 5.75 Å². The number of nitrogens with zero attached hydrogens (tertiary/aromatic N) is 2. The van der Waals surface area contributed by atoms with Crippen LogP contribution in [0.25, 0.3) is 11.1 Å². The lowest BCUT2D eigenvalue weighted by Crippen LogP contribution is -1.96. The van der Waals surface area contributed by atoms with Crippen molar-refractivity contribution in [3.05, 3.63) is 59.8 Å². The molecule has 3 aromatic rings. The summed E-state index contributed by atoms with van der Waals surface area (Å²) in [5, 5.41) is 9.94. The predicted molar refractivity (Wildman–Crippen MR) is 92.4 cm³/mol. The lowest BCUT2D eigenvalue weighted by Gasteiger charge is -2.08. The Morgan fingerprint density at radius 3 is 2.12 bits per heavy atom. The van der Waals surface area contributed by atoms with E-state index in [4.69, 9.17) is 4.74 Å². The second-order valence-corrected chi connectivity index (χ2v) is 5.95. The van der Waals surface area contributed by atoms with E-state index in [1.54, 1.807) is 0 Å². The number of carbonyl (C=O) groups is 1. The molecule has 0 saturated carbocycles. The smallest absolute Gasteiger partial charge is 0.269 e. The first-order chi connectivity index (χ1) is 11.5. The Kier molecular flexibility index (Phi) is 4.42. The number of benzene rings is 2. The van der Waals surface area contributed by atoms with Crippen LogP contribution in [0.3, 0.4) is 0 Å². The van der Waals surface area contributed by atoms with E-state index in [0.29, 0.717) is 11.7 Å². The molecular weight excluding hydrogens is 302 g/mol. The topological polar surface area (TPSA) is 67.9 Å². The number of carbonyl (C=O) groups excluding carboxylic acids is 1. The van der Waals surface area contributed by atoms with Crippen LogP contribution in [-0.4, -0.2) is 21.2 Å². The molecule has 3 rings (SSSR count). The zero-order chi connectivity index (χ0) is 17.1. The minimum Gasteiger partial charge on any atom is -0.436 e. The summed E-state index contributed by atoms with van der Waals surface area (Å²) >= 11 is 0. The van der Waals surface area contributed by atoms with Gasteiger partial charge < -0.3 is 4.74 Å². The van der Waals surface area contributed by atoms with Crippen molar-refractivity contribution in [1.82, 2.24) is 15.4 Å². The summed E-state index contributed by atoms with van der Waals surface area (Å²) in [6.45, 7) is 5.80. The number of Topliss-reactive ketones (excluding diaryl/α,β-unsaturated/α-hetero) is 1. The van der Waals surface area contributed by atoms with Crippen LogP contribution in [0.2, 0.25) is 0 Å². The minimum absolute atomic E-state index is 0.170. The van der Waals surface area contributed by atoms with Crippen molar-refractivity contribution in [2.75, 3.05) is 0 Å². The maximum absolute atomic E-state index is 11.4. The van der Waals surface area contributed by atoms with Gasteiger partial charge >= 0.3 is 0 Å². The van der Waals surface area contributed by atoms with Gasteiger partial charge in [-0.15, -0.1) is 0 Å². The van der Waals surface area contributed by atoms with Crippen molar-refractivity contribution < 1.29 is 9.53 Å².